The predicted octanol–water partition coefficient (Wildman–Crippen LogP) is 3.26. The molecule has 8 heteroatoms. The number of para-hydroxylation sites is 1. The molecule has 1 aromatic heterocycles. The van der Waals surface area contributed by atoms with E-state index in [1.165, 1.54) is 0 Å². The summed E-state index contributed by atoms with van der Waals surface area (Å²) < 4.78 is 12.2. The van der Waals surface area contributed by atoms with E-state index >= 15 is 0 Å². The molecule has 0 spiro atoms. The summed E-state index contributed by atoms with van der Waals surface area (Å²) in [5, 5.41) is 8.23. The van der Waals surface area contributed by atoms with Gasteiger partial charge in [0, 0.05) is 31.7 Å². The van der Waals surface area contributed by atoms with Crippen molar-refractivity contribution in [2.24, 2.45) is 0 Å². The Morgan fingerprint density at radius 2 is 1.90 bits per heavy atom. The number of nitrogens with one attached hydrogen (secondary N) is 1. The van der Waals surface area contributed by atoms with E-state index in [4.69, 9.17) is 21.1 Å². The molecule has 0 bridgehead atoms. The largest absolute Gasteiger partial charge is 0.497 e. The summed E-state index contributed by atoms with van der Waals surface area (Å²) in [6, 6.07) is 16.7. The molecule has 1 aliphatic rings. The number of hydrogen-bond acceptors (Lipinski definition) is 5. The third kappa shape index (κ3) is 5.07. The highest BCUT2D eigenvalue weighted by Crippen LogP contribution is 2.26. The Labute approximate surface area is 186 Å². The molecule has 162 valence electrons. The third-order valence-corrected chi connectivity index (χ3v) is 5.55. The highest BCUT2D eigenvalue weighted by molar-refractivity contribution is 6.32. The lowest BCUT2D eigenvalue weighted by Crippen LogP contribution is -2.41. The van der Waals surface area contributed by atoms with E-state index < -0.39 is 0 Å². The van der Waals surface area contributed by atoms with Crippen molar-refractivity contribution in [3.63, 3.8) is 0 Å². The molecule has 0 aliphatic carbocycles. The second kappa shape index (κ2) is 9.96. The summed E-state index contributed by atoms with van der Waals surface area (Å²) in [6.07, 6.45) is 0. The number of halogens is 1. The Balaban J connectivity index is 1.58. The molecule has 2 heterocycles. The lowest BCUT2D eigenvalue weighted by molar-refractivity contribution is 0.0383. The van der Waals surface area contributed by atoms with Gasteiger partial charge in [0.1, 0.15) is 11.4 Å². The van der Waals surface area contributed by atoms with Crippen LogP contribution in [0.2, 0.25) is 5.02 Å². The number of carbonyl (C=O) groups is 1. The minimum Gasteiger partial charge on any atom is -0.497 e. The zero-order chi connectivity index (χ0) is 21.6. The van der Waals surface area contributed by atoms with Gasteiger partial charge in [-0.1, -0.05) is 23.7 Å². The lowest BCUT2D eigenvalue weighted by atomic mass is 10.1. The maximum Gasteiger partial charge on any atom is 0.270 e. The minimum absolute atomic E-state index is 0.194. The maximum atomic E-state index is 13.1. The first-order valence-electron chi connectivity index (χ1n) is 10.2. The Morgan fingerprint density at radius 3 is 2.61 bits per heavy atom. The van der Waals surface area contributed by atoms with Gasteiger partial charge in [0.15, 0.2) is 0 Å². The molecule has 1 N–H and O–H groups in total. The smallest absolute Gasteiger partial charge is 0.270 e. The summed E-state index contributed by atoms with van der Waals surface area (Å²) >= 11 is 6.41. The van der Waals surface area contributed by atoms with Gasteiger partial charge in [-0.15, -0.1) is 0 Å². The van der Waals surface area contributed by atoms with Crippen LogP contribution >= 0.6 is 11.6 Å². The second-order valence-corrected chi connectivity index (χ2v) is 7.62. The zero-order valence-electron chi connectivity index (χ0n) is 17.4. The first-order valence-corrected chi connectivity index (χ1v) is 10.6. The van der Waals surface area contributed by atoms with Gasteiger partial charge < -0.3 is 14.8 Å². The molecule has 1 aliphatic heterocycles. The van der Waals surface area contributed by atoms with Gasteiger partial charge in [0.25, 0.3) is 5.91 Å². The number of methoxy groups -OCH3 is 1. The van der Waals surface area contributed by atoms with E-state index in [9.17, 15) is 4.79 Å². The molecule has 1 amide bonds. The Bertz CT molecular complexity index is 1030. The number of aromatic nitrogens is 2. The fraction of sp³-hybridized carbons (Fsp3) is 0.304. The van der Waals surface area contributed by atoms with Gasteiger partial charge in [0.2, 0.25) is 0 Å². The molecule has 4 rings (SSSR count). The van der Waals surface area contributed by atoms with Crippen LogP contribution in [0.3, 0.4) is 0 Å². The quantitative estimate of drug-likeness (QED) is 0.610. The van der Waals surface area contributed by atoms with Crippen molar-refractivity contribution in [3.8, 4) is 22.7 Å². The van der Waals surface area contributed by atoms with Gasteiger partial charge in [-0.25, -0.2) is 4.68 Å². The molecule has 0 radical (unpaired) electrons. The van der Waals surface area contributed by atoms with Crippen molar-refractivity contribution < 1.29 is 14.3 Å². The van der Waals surface area contributed by atoms with Crippen LogP contribution < -0.4 is 10.1 Å². The van der Waals surface area contributed by atoms with Crippen molar-refractivity contribution in [2.45, 2.75) is 0 Å². The van der Waals surface area contributed by atoms with E-state index in [0.29, 0.717) is 28.6 Å². The van der Waals surface area contributed by atoms with Gasteiger partial charge in [-0.05, 0) is 42.5 Å². The van der Waals surface area contributed by atoms with Crippen molar-refractivity contribution in [1.82, 2.24) is 20.0 Å². The number of carbonyl (C=O) groups excluding carboxylic acids is 1. The summed E-state index contributed by atoms with van der Waals surface area (Å²) in [4.78, 5) is 15.3. The van der Waals surface area contributed by atoms with Crippen LogP contribution in [0.1, 0.15) is 10.5 Å². The van der Waals surface area contributed by atoms with Gasteiger partial charge in [0.05, 0.1) is 36.7 Å². The molecule has 0 unspecified atom stereocenters. The number of hydrogen-bond donors (Lipinski definition) is 1. The van der Waals surface area contributed by atoms with Crippen LogP contribution in [0, 0.1) is 0 Å². The minimum atomic E-state index is -0.194. The van der Waals surface area contributed by atoms with E-state index in [1.54, 1.807) is 23.9 Å². The molecule has 7 nitrogen and oxygen atoms in total. The molecule has 2 aromatic carbocycles. The van der Waals surface area contributed by atoms with Crippen LogP contribution in [0.4, 0.5) is 0 Å². The van der Waals surface area contributed by atoms with Crippen LogP contribution in [0.5, 0.6) is 5.75 Å². The van der Waals surface area contributed by atoms with Crippen molar-refractivity contribution >= 4 is 17.5 Å². The maximum absolute atomic E-state index is 13.1. The molecule has 31 heavy (non-hydrogen) atoms. The van der Waals surface area contributed by atoms with Crippen LogP contribution in [-0.4, -0.2) is 67.1 Å². The summed E-state index contributed by atoms with van der Waals surface area (Å²) in [5.41, 5.74) is 2.65. The summed E-state index contributed by atoms with van der Waals surface area (Å²) in [5.74, 6) is 0.566. The number of rotatable bonds is 7. The number of ether oxygens (including phenoxy) is 2. The Morgan fingerprint density at radius 1 is 1.16 bits per heavy atom. The topological polar surface area (TPSA) is 68.6 Å². The molecular weight excluding hydrogens is 416 g/mol. The molecule has 1 saturated heterocycles. The third-order valence-electron chi connectivity index (χ3n) is 5.23. The predicted molar refractivity (Wildman–Crippen MR) is 120 cm³/mol. The van der Waals surface area contributed by atoms with Gasteiger partial charge >= 0.3 is 0 Å². The van der Waals surface area contributed by atoms with Gasteiger partial charge in [-0.2, -0.15) is 5.10 Å². The molecule has 1 fully saturated rings. The first kappa shape index (κ1) is 21.4. The lowest BCUT2D eigenvalue weighted by Gasteiger charge is -2.26. The number of benzene rings is 2. The van der Waals surface area contributed by atoms with E-state index in [2.05, 4.69) is 15.3 Å². The summed E-state index contributed by atoms with van der Waals surface area (Å²) in [6.45, 7) is 4.56. The number of amides is 1. The van der Waals surface area contributed by atoms with E-state index in [1.807, 2.05) is 42.5 Å². The van der Waals surface area contributed by atoms with Crippen LogP contribution in [0.15, 0.2) is 54.6 Å². The van der Waals surface area contributed by atoms with Crippen molar-refractivity contribution in [3.05, 3.63) is 65.3 Å². The number of morpholine rings is 1. The Kier molecular flexibility index (Phi) is 6.86. The molecular formula is C23H25ClN4O3. The monoisotopic (exact) mass is 440 g/mol. The fourth-order valence-corrected chi connectivity index (χ4v) is 3.71. The van der Waals surface area contributed by atoms with Crippen molar-refractivity contribution in [2.75, 3.05) is 46.5 Å². The SMILES string of the molecule is COc1ccc(-c2cc(C(=O)NCCN3CCOCC3)n(-c3ccccc3Cl)n2)cc1. The highest BCUT2D eigenvalue weighted by Gasteiger charge is 2.19. The zero-order valence-corrected chi connectivity index (χ0v) is 18.1. The molecule has 0 atom stereocenters. The second-order valence-electron chi connectivity index (χ2n) is 7.22. The summed E-state index contributed by atoms with van der Waals surface area (Å²) in [7, 11) is 1.63. The standard InChI is InChI=1S/C23H25ClN4O3/c1-30-18-8-6-17(7-9-18)20-16-22(28(26-20)21-5-3-2-4-19(21)24)23(29)25-10-11-27-12-14-31-15-13-27/h2-9,16H,10-15H2,1H3,(H,25,29). The number of nitrogens with zero attached hydrogens (tertiary/aromatic N) is 3. The molecule has 0 saturated carbocycles. The average Bonchev–Trinajstić information content (AvgIpc) is 3.25. The molecule has 3 aromatic rings. The Hall–Kier alpha value is -2.87. The normalized spacial score (nSPS) is 14.4. The van der Waals surface area contributed by atoms with Crippen LogP contribution in [-0.2, 0) is 4.74 Å². The average molecular weight is 441 g/mol. The highest BCUT2D eigenvalue weighted by atomic mass is 35.5. The first-order chi connectivity index (χ1) is 15.2. The van der Waals surface area contributed by atoms with Crippen LogP contribution in [0.25, 0.3) is 16.9 Å². The van der Waals surface area contributed by atoms with Gasteiger partial charge in [-0.3, -0.25) is 9.69 Å². The fourth-order valence-electron chi connectivity index (χ4n) is 3.50. The van der Waals surface area contributed by atoms with E-state index in [0.717, 1.165) is 44.2 Å². The van der Waals surface area contributed by atoms with E-state index in [-0.39, 0.29) is 5.91 Å². The van der Waals surface area contributed by atoms with Crippen molar-refractivity contribution in [1.29, 1.82) is 0 Å².